The van der Waals surface area contributed by atoms with Crippen LogP contribution in [0.1, 0.15) is 62.7 Å². The second-order valence-corrected chi connectivity index (χ2v) is 4.96. The molecule has 0 spiro atoms. The average molecular weight is 220 g/mol. The van der Waals surface area contributed by atoms with Gasteiger partial charge in [0, 0.05) is 17.7 Å². The SMILES string of the molecule is CC(C)c1c(CC=O)cnn1C1CCCC1. The molecule has 88 valence electrons. The van der Waals surface area contributed by atoms with Crippen molar-refractivity contribution in [3.63, 3.8) is 0 Å². The summed E-state index contributed by atoms with van der Waals surface area (Å²) in [5, 5.41) is 4.50. The molecule has 0 aromatic carbocycles. The zero-order valence-corrected chi connectivity index (χ0v) is 10.1. The largest absolute Gasteiger partial charge is 0.303 e. The third-order valence-electron chi connectivity index (χ3n) is 3.43. The molecule has 0 amide bonds. The Morgan fingerprint density at radius 2 is 2.19 bits per heavy atom. The van der Waals surface area contributed by atoms with Crippen molar-refractivity contribution in [3.05, 3.63) is 17.5 Å². The second kappa shape index (κ2) is 4.81. The molecule has 1 fully saturated rings. The Morgan fingerprint density at radius 1 is 1.50 bits per heavy atom. The highest BCUT2D eigenvalue weighted by Crippen LogP contribution is 2.33. The van der Waals surface area contributed by atoms with Gasteiger partial charge in [0.15, 0.2) is 0 Å². The number of aldehydes is 1. The molecule has 1 aliphatic carbocycles. The fourth-order valence-corrected chi connectivity index (χ4v) is 2.73. The normalized spacial score (nSPS) is 17.2. The first-order valence-electron chi connectivity index (χ1n) is 6.24. The molecule has 2 rings (SSSR count). The summed E-state index contributed by atoms with van der Waals surface area (Å²) in [6.07, 6.45) is 8.45. The summed E-state index contributed by atoms with van der Waals surface area (Å²) in [6.45, 7) is 4.35. The smallest absolute Gasteiger partial charge is 0.124 e. The van der Waals surface area contributed by atoms with Crippen LogP contribution >= 0.6 is 0 Å². The number of carbonyl (C=O) groups excluding carboxylic acids is 1. The number of carbonyl (C=O) groups is 1. The summed E-state index contributed by atoms with van der Waals surface area (Å²) < 4.78 is 2.18. The van der Waals surface area contributed by atoms with Crippen molar-refractivity contribution in [2.45, 2.75) is 57.9 Å². The highest BCUT2D eigenvalue weighted by Gasteiger charge is 2.23. The van der Waals surface area contributed by atoms with Crippen LogP contribution in [0.25, 0.3) is 0 Å². The van der Waals surface area contributed by atoms with Gasteiger partial charge in [0.1, 0.15) is 6.29 Å². The maximum atomic E-state index is 10.6. The standard InChI is InChI=1S/C13H20N2O/c1-10(2)13-11(7-8-16)9-14-15(13)12-5-3-4-6-12/h8-10,12H,3-7H2,1-2H3. The molecule has 0 saturated heterocycles. The van der Waals surface area contributed by atoms with Crippen molar-refractivity contribution in [2.75, 3.05) is 0 Å². The molecule has 0 atom stereocenters. The van der Waals surface area contributed by atoms with Crippen molar-refractivity contribution in [2.24, 2.45) is 0 Å². The van der Waals surface area contributed by atoms with E-state index in [9.17, 15) is 4.79 Å². The highest BCUT2D eigenvalue weighted by molar-refractivity contribution is 5.55. The van der Waals surface area contributed by atoms with E-state index in [1.807, 2.05) is 6.20 Å². The van der Waals surface area contributed by atoms with Gasteiger partial charge in [0.2, 0.25) is 0 Å². The second-order valence-electron chi connectivity index (χ2n) is 4.96. The van der Waals surface area contributed by atoms with E-state index in [1.165, 1.54) is 31.4 Å². The molecular formula is C13H20N2O. The van der Waals surface area contributed by atoms with Crippen molar-refractivity contribution < 1.29 is 4.79 Å². The van der Waals surface area contributed by atoms with Crippen LogP contribution in [-0.2, 0) is 11.2 Å². The summed E-state index contributed by atoms with van der Waals surface area (Å²) in [7, 11) is 0. The number of hydrogen-bond acceptors (Lipinski definition) is 2. The van der Waals surface area contributed by atoms with Crippen molar-refractivity contribution in [3.8, 4) is 0 Å². The molecule has 0 bridgehead atoms. The van der Waals surface area contributed by atoms with Gasteiger partial charge in [-0.2, -0.15) is 5.10 Å². The van der Waals surface area contributed by atoms with E-state index in [0.29, 0.717) is 18.4 Å². The summed E-state index contributed by atoms with van der Waals surface area (Å²) >= 11 is 0. The fraction of sp³-hybridized carbons (Fsp3) is 0.692. The van der Waals surface area contributed by atoms with E-state index in [2.05, 4.69) is 23.6 Å². The first-order chi connectivity index (χ1) is 7.74. The monoisotopic (exact) mass is 220 g/mol. The minimum Gasteiger partial charge on any atom is -0.303 e. The van der Waals surface area contributed by atoms with Crippen LogP contribution < -0.4 is 0 Å². The lowest BCUT2D eigenvalue weighted by atomic mass is 10.0. The Labute approximate surface area is 96.8 Å². The summed E-state index contributed by atoms with van der Waals surface area (Å²) in [5.41, 5.74) is 2.37. The molecule has 16 heavy (non-hydrogen) atoms. The van der Waals surface area contributed by atoms with Crippen LogP contribution in [0.2, 0.25) is 0 Å². The number of nitrogens with zero attached hydrogens (tertiary/aromatic N) is 2. The zero-order valence-electron chi connectivity index (χ0n) is 10.1. The van der Waals surface area contributed by atoms with Crippen LogP contribution in [-0.4, -0.2) is 16.1 Å². The van der Waals surface area contributed by atoms with E-state index in [4.69, 9.17) is 0 Å². The maximum Gasteiger partial charge on any atom is 0.124 e. The van der Waals surface area contributed by atoms with E-state index < -0.39 is 0 Å². The average Bonchev–Trinajstić information content (AvgIpc) is 2.83. The number of hydrogen-bond donors (Lipinski definition) is 0. The first-order valence-corrected chi connectivity index (χ1v) is 6.24. The fourth-order valence-electron chi connectivity index (χ4n) is 2.73. The molecule has 1 aromatic rings. The molecule has 0 N–H and O–H groups in total. The van der Waals surface area contributed by atoms with E-state index >= 15 is 0 Å². The molecule has 1 saturated carbocycles. The maximum absolute atomic E-state index is 10.6. The third-order valence-corrected chi connectivity index (χ3v) is 3.43. The molecular weight excluding hydrogens is 200 g/mol. The lowest BCUT2D eigenvalue weighted by Gasteiger charge is -2.17. The molecule has 1 heterocycles. The van der Waals surface area contributed by atoms with E-state index in [0.717, 1.165) is 11.8 Å². The van der Waals surface area contributed by atoms with Crippen molar-refractivity contribution >= 4 is 6.29 Å². The Hall–Kier alpha value is -1.12. The van der Waals surface area contributed by atoms with Gasteiger partial charge in [-0.25, -0.2) is 0 Å². The summed E-state index contributed by atoms with van der Waals surface area (Å²) in [6, 6.07) is 0.567. The Bertz CT molecular complexity index is 362. The van der Waals surface area contributed by atoms with Crippen LogP contribution in [0.15, 0.2) is 6.20 Å². The minimum absolute atomic E-state index is 0.443. The Morgan fingerprint density at radius 3 is 2.75 bits per heavy atom. The van der Waals surface area contributed by atoms with Gasteiger partial charge in [-0.15, -0.1) is 0 Å². The molecule has 0 unspecified atom stereocenters. The molecule has 0 aliphatic heterocycles. The van der Waals surface area contributed by atoms with Crippen LogP contribution in [0.4, 0.5) is 0 Å². The van der Waals surface area contributed by atoms with Crippen molar-refractivity contribution in [1.29, 1.82) is 0 Å². The summed E-state index contributed by atoms with van der Waals surface area (Å²) in [5.74, 6) is 0.443. The molecule has 3 heteroatoms. The first kappa shape index (κ1) is 11.4. The lowest BCUT2D eigenvalue weighted by Crippen LogP contribution is -2.12. The Kier molecular flexibility index (Phi) is 3.42. The van der Waals surface area contributed by atoms with Crippen LogP contribution in [0, 0.1) is 0 Å². The quantitative estimate of drug-likeness (QED) is 0.731. The van der Waals surface area contributed by atoms with E-state index in [1.54, 1.807) is 0 Å². The predicted octanol–water partition coefficient (Wildman–Crippen LogP) is 2.86. The molecule has 1 aromatic heterocycles. The minimum atomic E-state index is 0.443. The molecule has 3 nitrogen and oxygen atoms in total. The third kappa shape index (κ3) is 2.04. The topological polar surface area (TPSA) is 34.9 Å². The van der Waals surface area contributed by atoms with Gasteiger partial charge in [-0.05, 0) is 18.8 Å². The molecule has 0 radical (unpaired) electrons. The van der Waals surface area contributed by atoms with Crippen LogP contribution in [0.3, 0.4) is 0 Å². The van der Waals surface area contributed by atoms with Gasteiger partial charge in [-0.1, -0.05) is 26.7 Å². The van der Waals surface area contributed by atoms with Gasteiger partial charge in [-0.3, -0.25) is 4.68 Å². The lowest BCUT2D eigenvalue weighted by molar-refractivity contribution is -0.107. The van der Waals surface area contributed by atoms with E-state index in [-0.39, 0.29) is 0 Å². The number of rotatable bonds is 4. The molecule has 1 aliphatic rings. The highest BCUT2D eigenvalue weighted by atomic mass is 16.1. The Balaban J connectivity index is 2.32. The number of aromatic nitrogens is 2. The van der Waals surface area contributed by atoms with Crippen LogP contribution in [0.5, 0.6) is 0 Å². The summed E-state index contributed by atoms with van der Waals surface area (Å²) in [4.78, 5) is 10.6. The van der Waals surface area contributed by atoms with Gasteiger partial charge < -0.3 is 4.79 Å². The van der Waals surface area contributed by atoms with Gasteiger partial charge >= 0.3 is 0 Å². The van der Waals surface area contributed by atoms with Crippen molar-refractivity contribution in [1.82, 2.24) is 9.78 Å². The zero-order chi connectivity index (χ0) is 11.5. The van der Waals surface area contributed by atoms with Gasteiger partial charge in [0.05, 0.1) is 12.2 Å². The predicted molar refractivity (Wildman–Crippen MR) is 63.6 cm³/mol. The van der Waals surface area contributed by atoms with Gasteiger partial charge in [0.25, 0.3) is 0 Å².